The Labute approximate surface area is 148 Å². The summed E-state index contributed by atoms with van der Waals surface area (Å²) in [6, 6.07) is 7.75. The van der Waals surface area contributed by atoms with E-state index < -0.39 is 11.8 Å². The van der Waals surface area contributed by atoms with Crippen molar-refractivity contribution in [3.63, 3.8) is 0 Å². The van der Waals surface area contributed by atoms with Gasteiger partial charge in [0.1, 0.15) is 11.4 Å². The number of amides is 2. The molecule has 0 radical (unpaired) electrons. The van der Waals surface area contributed by atoms with Crippen LogP contribution in [0.4, 0.5) is 5.69 Å². The van der Waals surface area contributed by atoms with E-state index in [2.05, 4.69) is 36.6 Å². The predicted octanol–water partition coefficient (Wildman–Crippen LogP) is 3.40. The molecule has 2 N–H and O–H groups in total. The molecule has 0 saturated carbocycles. The first-order chi connectivity index (χ1) is 11.6. The number of rotatable bonds is 3. The van der Waals surface area contributed by atoms with Gasteiger partial charge in [-0.05, 0) is 37.3 Å². The maximum absolute atomic E-state index is 12.1. The summed E-state index contributed by atoms with van der Waals surface area (Å²) in [7, 11) is 0. The van der Waals surface area contributed by atoms with E-state index in [1.54, 1.807) is 13.8 Å². The number of carbonyl (C=O) groups is 2. The van der Waals surface area contributed by atoms with Crippen LogP contribution in [0.2, 0.25) is 0 Å². The maximum Gasteiger partial charge on any atom is 0.313 e. The Morgan fingerprint density at radius 2 is 1.68 bits per heavy atom. The molecule has 0 unspecified atom stereocenters. The van der Waals surface area contributed by atoms with Gasteiger partial charge in [-0.3, -0.25) is 9.59 Å². The van der Waals surface area contributed by atoms with Crippen molar-refractivity contribution in [1.29, 1.82) is 0 Å². The Morgan fingerprint density at radius 1 is 1.08 bits per heavy atom. The Kier molecular flexibility index (Phi) is 5.30. The SMILES string of the molecule is Cc1noc(C)c1NC(=O)C(=O)N[C@@H](C)c1ccc(C(C)(C)C)cc1. The minimum Gasteiger partial charge on any atom is -0.359 e. The highest BCUT2D eigenvalue weighted by Gasteiger charge is 2.21. The largest absolute Gasteiger partial charge is 0.359 e. The van der Waals surface area contributed by atoms with E-state index in [0.29, 0.717) is 17.1 Å². The van der Waals surface area contributed by atoms with Gasteiger partial charge in [0.05, 0.1) is 6.04 Å². The lowest BCUT2D eigenvalue weighted by molar-refractivity contribution is -0.136. The molecule has 0 aliphatic rings. The number of aryl methyl sites for hydroxylation is 2. The molecule has 2 aromatic rings. The van der Waals surface area contributed by atoms with Crippen LogP contribution in [0.25, 0.3) is 0 Å². The molecular weight excluding hydrogens is 318 g/mol. The fraction of sp³-hybridized carbons (Fsp3) is 0.421. The van der Waals surface area contributed by atoms with Crippen molar-refractivity contribution in [1.82, 2.24) is 10.5 Å². The summed E-state index contributed by atoms with van der Waals surface area (Å²) >= 11 is 0. The first-order valence-corrected chi connectivity index (χ1v) is 8.24. The molecule has 0 fully saturated rings. The van der Waals surface area contributed by atoms with Gasteiger partial charge in [-0.2, -0.15) is 0 Å². The van der Waals surface area contributed by atoms with Gasteiger partial charge in [0.15, 0.2) is 5.76 Å². The number of hydrogen-bond donors (Lipinski definition) is 2. The van der Waals surface area contributed by atoms with E-state index in [1.165, 1.54) is 5.56 Å². The zero-order chi connectivity index (χ0) is 18.8. The highest BCUT2D eigenvalue weighted by Crippen LogP contribution is 2.24. The number of carbonyl (C=O) groups excluding carboxylic acids is 2. The van der Waals surface area contributed by atoms with Crippen molar-refractivity contribution in [2.24, 2.45) is 0 Å². The van der Waals surface area contributed by atoms with Crippen molar-refractivity contribution in [3.05, 3.63) is 46.8 Å². The van der Waals surface area contributed by atoms with Gasteiger partial charge in [-0.25, -0.2) is 0 Å². The highest BCUT2D eigenvalue weighted by molar-refractivity contribution is 6.39. The van der Waals surface area contributed by atoms with Gasteiger partial charge in [-0.1, -0.05) is 50.2 Å². The van der Waals surface area contributed by atoms with Crippen molar-refractivity contribution in [2.75, 3.05) is 5.32 Å². The molecule has 2 amide bonds. The fourth-order valence-electron chi connectivity index (χ4n) is 2.45. The van der Waals surface area contributed by atoms with E-state index in [-0.39, 0.29) is 11.5 Å². The first-order valence-electron chi connectivity index (χ1n) is 8.24. The summed E-state index contributed by atoms with van der Waals surface area (Å²) < 4.78 is 4.97. The minimum atomic E-state index is -0.743. The standard InChI is InChI=1S/C19H25N3O3/c1-11(14-7-9-15(10-8-14)19(4,5)6)20-17(23)18(24)21-16-12(2)22-25-13(16)3/h7-11H,1-6H3,(H,20,23)(H,21,24)/t11-/m0/s1. The van der Waals surface area contributed by atoms with Crippen LogP contribution in [0.1, 0.15) is 56.3 Å². The zero-order valence-electron chi connectivity index (χ0n) is 15.6. The number of nitrogens with zero attached hydrogens (tertiary/aromatic N) is 1. The first kappa shape index (κ1) is 18.7. The van der Waals surface area contributed by atoms with E-state index in [1.807, 2.05) is 31.2 Å². The second-order valence-corrected chi connectivity index (χ2v) is 7.22. The number of nitrogens with one attached hydrogen (secondary N) is 2. The second kappa shape index (κ2) is 7.09. The van der Waals surface area contributed by atoms with Gasteiger partial charge in [-0.15, -0.1) is 0 Å². The molecule has 1 aromatic heterocycles. The Morgan fingerprint density at radius 3 is 2.16 bits per heavy atom. The summed E-state index contributed by atoms with van der Waals surface area (Å²) in [6.07, 6.45) is 0. The number of anilines is 1. The molecule has 0 aliphatic heterocycles. The topological polar surface area (TPSA) is 84.2 Å². The van der Waals surface area contributed by atoms with Crippen LogP contribution in [0.5, 0.6) is 0 Å². The van der Waals surface area contributed by atoms with Gasteiger partial charge in [0.2, 0.25) is 0 Å². The zero-order valence-corrected chi connectivity index (χ0v) is 15.6. The van der Waals surface area contributed by atoms with Gasteiger partial charge >= 0.3 is 11.8 Å². The molecule has 6 heteroatoms. The summed E-state index contributed by atoms with van der Waals surface area (Å²) in [4.78, 5) is 24.2. The van der Waals surface area contributed by atoms with Crippen molar-refractivity contribution in [3.8, 4) is 0 Å². The molecule has 1 atom stereocenters. The van der Waals surface area contributed by atoms with Crippen molar-refractivity contribution >= 4 is 17.5 Å². The Balaban J connectivity index is 2.01. The molecule has 0 aliphatic carbocycles. The van der Waals surface area contributed by atoms with Crippen LogP contribution >= 0.6 is 0 Å². The highest BCUT2D eigenvalue weighted by atomic mass is 16.5. The van der Waals surface area contributed by atoms with E-state index >= 15 is 0 Å². The second-order valence-electron chi connectivity index (χ2n) is 7.22. The molecule has 134 valence electrons. The molecule has 1 aromatic carbocycles. The lowest BCUT2D eigenvalue weighted by Gasteiger charge is -2.20. The van der Waals surface area contributed by atoms with Gasteiger partial charge in [0.25, 0.3) is 0 Å². The van der Waals surface area contributed by atoms with E-state index in [9.17, 15) is 9.59 Å². The lowest BCUT2D eigenvalue weighted by Crippen LogP contribution is -2.37. The van der Waals surface area contributed by atoms with Crippen LogP contribution < -0.4 is 10.6 Å². The molecule has 6 nitrogen and oxygen atoms in total. The molecular formula is C19H25N3O3. The fourth-order valence-corrected chi connectivity index (χ4v) is 2.45. The van der Waals surface area contributed by atoms with Crippen LogP contribution in [0.15, 0.2) is 28.8 Å². The average molecular weight is 343 g/mol. The third kappa shape index (κ3) is 4.47. The molecule has 2 rings (SSSR count). The van der Waals surface area contributed by atoms with Crippen molar-refractivity contribution < 1.29 is 14.1 Å². The third-order valence-electron chi connectivity index (χ3n) is 4.10. The number of benzene rings is 1. The molecule has 1 heterocycles. The molecule has 0 saturated heterocycles. The van der Waals surface area contributed by atoms with E-state index in [0.717, 1.165) is 5.56 Å². The number of hydrogen-bond acceptors (Lipinski definition) is 4. The van der Waals surface area contributed by atoms with Crippen LogP contribution in [-0.4, -0.2) is 17.0 Å². The summed E-state index contributed by atoms with van der Waals surface area (Å²) in [5.41, 5.74) is 3.18. The maximum atomic E-state index is 12.1. The smallest absolute Gasteiger partial charge is 0.313 e. The van der Waals surface area contributed by atoms with Crippen LogP contribution in [0.3, 0.4) is 0 Å². The quantitative estimate of drug-likeness (QED) is 0.837. The van der Waals surface area contributed by atoms with Crippen molar-refractivity contribution in [2.45, 2.75) is 53.0 Å². The van der Waals surface area contributed by atoms with Crippen LogP contribution in [-0.2, 0) is 15.0 Å². The third-order valence-corrected chi connectivity index (χ3v) is 4.10. The summed E-state index contributed by atoms with van der Waals surface area (Å²) in [6.45, 7) is 11.6. The summed E-state index contributed by atoms with van der Waals surface area (Å²) in [5.74, 6) is -0.982. The van der Waals surface area contributed by atoms with Crippen LogP contribution in [0, 0.1) is 13.8 Å². The predicted molar refractivity (Wildman–Crippen MR) is 96.3 cm³/mol. The molecule has 0 spiro atoms. The Hall–Kier alpha value is -2.63. The minimum absolute atomic E-state index is 0.0687. The summed E-state index contributed by atoms with van der Waals surface area (Å²) in [5, 5.41) is 8.98. The Bertz CT molecular complexity index is 751. The molecule has 25 heavy (non-hydrogen) atoms. The van der Waals surface area contributed by atoms with E-state index in [4.69, 9.17) is 4.52 Å². The van der Waals surface area contributed by atoms with Gasteiger partial charge < -0.3 is 15.2 Å². The molecule has 0 bridgehead atoms. The number of aromatic nitrogens is 1. The average Bonchev–Trinajstić information content (AvgIpc) is 2.86. The normalized spacial score (nSPS) is 12.6. The van der Waals surface area contributed by atoms with Gasteiger partial charge in [0, 0.05) is 0 Å². The monoisotopic (exact) mass is 343 g/mol. The lowest BCUT2D eigenvalue weighted by atomic mass is 9.86.